The highest BCUT2D eigenvalue weighted by atomic mass is 16.5. The number of methoxy groups -OCH3 is 3. The standard InChI is InChI=1S/C16H24N2O5/c1-6-10(2)14(15(19)23-5)18-16(20)17-12-8-7-11(21-3)9-13(12)22-4/h7-10,14H,6H2,1-5H3,(H2,17,18,20). The quantitative estimate of drug-likeness (QED) is 0.752. The number of carbonyl (C=O) groups is 2. The van der Waals surface area contributed by atoms with E-state index in [0.29, 0.717) is 17.2 Å². The predicted octanol–water partition coefficient (Wildman–Crippen LogP) is 2.41. The van der Waals surface area contributed by atoms with Crippen LogP contribution in [0.15, 0.2) is 18.2 Å². The number of benzene rings is 1. The van der Waals surface area contributed by atoms with E-state index in [1.165, 1.54) is 14.2 Å². The monoisotopic (exact) mass is 324 g/mol. The first-order valence-corrected chi connectivity index (χ1v) is 7.34. The number of ether oxygens (including phenoxy) is 3. The van der Waals surface area contributed by atoms with Gasteiger partial charge in [0.2, 0.25) is 0 Å². The molecule has 7 heteroatoms. The molecule has 1 aromatic rings. The lowest BCUT2D eigenvalue weighted by Gasteiger charge is -2.22. The van der Waals surface area contributed by atoms with E-state index < -0.39 is 18.0 Å². The van der Waals surface area contributed by atoms with E-state index in [-0.39, 0.29) is 5.92 Å². The van der Waals surface area contributed by atoms with E-state index in [1.54, 1.807) is 25.3 Å². The van der Waals surface area contributed by atoms with E-state index >= 15 is 0 Å². The van der Waals surface area contributed by atoms with Crippen molar-refractivity contribution in [2.24, 2.45) is 5.92 Å². The predicted molar refractivity (Wildman–Crippen MR) is 87.0 cm³/mol. The molecule has 0 radical (unpaired) electrons. The SMILES string of the molecule is CCC(C)C(NC(=O)Nc1ccc(OC)cc1OC)C(=O)OC. The van der Waals surface area contributed by atoms with Crippen LogP contribution in [-0.2, 0) is 9.53 Å². The molecule has 2 unspecified atom stereocenters. The Balaban J connectivity index is 2.84. The van der Waals surface area contributed by atoms with Gasteiger partial charge in [-0.1, -0.05) is 20.3 Å². The third kappa shape index (κ3) is 5.05. The molecule has 23 heavy (non-hydrogen) atoms. The van der Waals surface area contributed by atoms with Crippen LogP contribution in [0.25, 0.3) is 0 Å². The lowest BCUT2D eigenvalue weighted by Crippen LogP contribution is -2.47. The second-order valence-electron chi connectivity index (χ2n) is 5.05. The molecule has 2 amide bonds. The molecule has 0 aliphatic heterocycles. The normalized spacial score (nSPS) is 12.7. The molecule has 1 aromatic carbocycles. The van der Waals surface area contributed by atoms with Crippen LogP contribution in [0.5, 0.6) is 11.5 Å². The van der Waals surface area contributed by atoms with Crippen LogP contribution < -0.4 is 20.1 Å². The molecule has 2 N–H and O–H groups in total. The number of anilines is 1. The molecule has 128 valence electrons. The lowest BCUT2D eigenvalue weighted by atomic mass is 9.99. The summed E-state index contributed by atoms with van der Waals surface area (Å²) in [4.78, 5) is 24.0. The molecule has 0 saturated carbocycles. The van der Waals surface area contributed by atoms with Gasteiger partial charge in [0.25, 0.3) is 0 Å². The van der Waals surface area contributed by atoms with Crippen molar-refractivity contribution in [3.8, 4) is 11.5 Å². The minimum atomic E-state index is -0.714. The molecule has 0 aromatic heterocycles. The van der Waals surface area contributed by atoms with Gasteiger partial charge in [0, 0.05) is 6.07 Å². The van der Waals surface area contributed by atoms with E-state index in [0.717, 1.165) is 6.42 Å². The molecule has 0 saturated heterocycles. The third-order valence-corrected chi connectivity index (χ3v) is 3.61. The molecule has 0 heterocycles. The molecule has 0 aliphatic carbocycles. The fourth-order valence-corrected chi connectivity index (χ4v) is 2.00. The summed E-state index contributed by atoms with van der Waals surface area (Å²) in [5, 5.41) is 5.30. The largest absolute Gasteiger partial charge is 0.497 e. The number of nitrogens with one attached hydrogen (secondary N) is 2. The Morgan fingerprint density at radius 1 is 1.17 bits per heavy atom. The van der Waals surface area contributed by atoms with Crippen LogP contribution >= 0.6 is 0 Å². The summed E-state index contributed by atoms with van der Waals surface area (Å²) in [5.74, 6) is 0.541. The van der Waals surface area contributed by atoms with Crippen molar-refractivity contribution in [2.45, 2.75) is 26.3 Å². The minimum absolute atomic E-state index is 0.0500. The molecule has 2 atom stereocenters. The number of rotatable bonds is 7. The smallest absolute Gasteiger partial charge is 0.328 e. The van der Waals surface area contributed by atoms with Crippen LogP contribution in [0, 0.1) is 5.92 Å². The Morgan fingerprint density at radius 3 is 2.39 bits per heavy atom. The average Bonchev–Trinajstić information content (AvgIpc) is 2.58. The number of urea groups is 1. The van der Waals surface area contributed by atoms with Gasteiger partial charge in [0.15, 0.2) is 0 Å². The fourth-order valence-electron chi connectivity index (χ4n) is 2.00. The van der Waals surface area contributed by atoms with Gasteiger partial charge in [0.05, 0.1) is 27.0 Å². The van der Waals surface area contributed by atoms with E-state index in [1.807, 2.05) is 13.8 Å². The zero-order valence-corrected chi connectivity index (χ0v) is 14.1. The summed E-state index contributed by atoms with van der Waals surface area (Å²) in [7, 11) is 4.33. The van der Waals surface area contributed by atoms with Gasteiger partial charge < -0.3 is 24.8 Å². The summed E-state index contributed by atoms with van der Waals surface area (Å²) in [5.41, 5.74) is 0.471. The van der Waals surface area contributed by atoms with E-state index in [9.17, 15) is 9.59 Å². The highest BCUT2D eigenvalue weighted by molar-refractivity contribution is 5.94. The van der Waals surface area contributed by atoms with Gasteiger partial charge in [-0.3, -0.25) is 0 Å². The number of esters is 1. The van der Waals surface area contributed by atoms with Crippen molar-refractivity contribution < 1.29 is 23.8 Å². The Bertz CT molecular complexity index is 547. The summed E-state index contributed by atoms with van der Waals surface area (Å²) >= 11 is 0. The van der Waals surface area contributed by atoms with Crippen molar-refractivity contribution in [3.63, 3.8) is 0 Å². The van der Waals surface area contributed by atoms with Gasteiger partial charge in [-0.2, -0.15) is 0 Å². The minimum Gasteiger partial charge on any atom is -0.497 e. The van der Waals surface area contributed by atoms with Crippen molar-refractivity contribution in [1.82, 2.24) is 5.32 Å². The number of carbonyl (C=O) groups excluding carboxylic acids is 2. The summed E-state index contributed by atoms with van der Waals surface area (Å²) < 4.78 is 15.1. The van der Waals surface area contributed by atoms with Gasteiger partial charge in [-0.05, 0) is 18.1 Å². The van der Waals surface area contributed by atoms with Gasteiger partial charge >= 0.3 is 12.0 Å². The number of hydrogen-bond donors (Lipinski definition) is 2. The Labute approximate surface area is 136 Å². The second kappa shape index (κ2) is 8.87. The topological polar surface area (TPSA) is 85.9 Å². The maximum Gasteiger partial charge on any atom is 0.328 e. The molecule has 0 aliphatic rings. The molecule has 0 bridgehead atoms. The van der Waals surface area contributed by atoms with Crippen LogP contribution in [0.4, 0.5) is 10.5 Å². The van der Waals surface area contributed by atoms with Crippen LogP contribution in [0.1, 0.15) is 20.3 Å². The van der Waals surface area contributed by atoms with Crippen LogP contribution in [0.2, 0.25) is 0 Å². The maximum atomic E-state index is 12.2. The highest BCUT2D eigenvalue weighted by Gasteiger charge is 2.26. The first kappa shape index (κ1) is 18.6. The Morgan fingerprint density at radius 2 is 1.87 bits per heavy atom. The summed E-state index contributed by atoms with van der Waals surface area (Å²) in [6.07, 6.45) is 0.728. The molecular weight excluding hydrogens is 300 g/mol. The van der Waals surface area contributed by atoms with E-state index in [4.69, 9.17) is 14.2 Å². The van der Waals surface area contributed by atoms with Crippen molar-refractivity contribution >= 4 is 17.7 Å². The molecule has 0 fully saturated rings. The number of hydrogen-bond acceptors (Lipinski definition) is 5. The van der Waals surface area contributed by atoms with Gasteiger partial charge in [-0.15, -0.1) is 0 Å². The maximum absolute atomic E-state index is 12.2. The van der Waals surface area contributed by atoms with Crippen LogP contribution in [-0.4, -0.2) is 39.4 Å². The first-order chi connectivity index (χ1) is 11.0. The van der Waals surface area contributed by atoms with Crippen molar-refractivity contribution in [3.05, 3.63) is 18.2 Å². The fraction of sp³-hybridized carbons (Fsp3) is 0.500. The zero-order valence-electron chi connectivity index (χ0n) is 14.1. The van der Waals surface area contributed by atoms with Crippen molar-refractivity contribution in [2.75, 3.05) is 26.6 Å². The number of amides is 2. The van der Waals surface area contributed by atoms with E-state index in [2.05, 4.69) is 10.6 Å². The molecule has 1 rings (SSSR count). The highest BCUT2D eigenvalue weighted by Crippen LogP contribution is 2.28. The lowest BCUT2D eigenvalue weighted by molar-refractivity contribution is -0.144. The summed E-state index contributed by atoms with van der Waals surface area (Å²) in [6, 6.07) is 3.79. The second-order valence-corrected chi connectivity index (χ2v) is 5.05. The van der Waals surface area contributed by atoms with Crippen LogP contribution in [0.3, 0.4) is 0 Å². The van der Waals surface area contributed by atoms with Gasteiger partial charge in [0.1, 0.15) is 17.5 Å². The average molecular weight is 324 g/mol. The summed E-state index contributed by atoms with van der Waals surface area (Å²) in [6.45, 7) is 3.81. The first-order valence-electron chi connectivity index (χ1n) is 7.34. The zero-order chi connectivity index (χ0) is 17.4. The molecular formula is C16H24N2O5. The Hall–Kier alpha value is -2.44. The molecule has 7 nitrogen and oxygen atoms in total. The van der Waals surface area contributed by atoms with Crippen molar-refractivity contribution in [1.29, 1.82) is 0 Å². The Kier molecular flexibility index (Phi) is 7.18. The third-order valence-electron chi connectivity index (χ3n) is 3.61. The van der Waals surface area contributed by atoms with Gasteiger partial charge in [-0.25, -0.2) is 9.59 Å². The molecule has 0 spiro atoms.